The van der Waals surface area contributed by atoms with Gasteiger partial charge in [0.1, 0.15) is 24.4 Å². The van der Waals surface area contributed by atoms with Crippen molar-refractivity contribution in [3.63, 3.8) is 0 Å². The fourth-order valence-electron chi connectivity index (χ4n) is 7.33. The Bertz CT molecular complexity index is 713. The predicted octanol–water partition coefficient (Wildman–Crippen LogP) is 1.49. The Morgan fingerprint density at radius 2 is 1.74 bits per heavy atom. The molecular formula is C26H46O8. The van der Waals surface area contributed by atoms with E-state index in [-0.39, 0.29) is 23.4 Å². The number of hydrogen-bond acceptors (Lipinski definition) is 8. The highest BCUT2D eigenvalue weighted by Crippen LogP contribution is 2.63. The molecule has 1 heterocycles. The van der Waals surface area contributed by atoms with Crippen molar-refractivity contribution in [1.82, 2.24) is 0 Å². The van der Waals surface area contributed by atoms with Crippen LogP contribution in [0.3, 0.4) is 0 Å². The van der Waals surface area contributed by atoms with Crippen LogP contribution in [0, 0.1) is 22.7 Å². The highest BCUT2D eigenvalue weighted by atomic mass is 16.7. The first kappa shape index (κ1) is 28.0. The van der Waals surface area contributed by atoms with Gasteiger partial charge in [0.15, 0.2) is 6.29 Å². The van der Waals surface area contributed by atoms with Crippen LogP contribution < -0.4 is 0 Å². The topological polar surface area (TPSA) is 140 Å². The van der Waals surface area contributed by atoms with Crippen molar-refractivity contribution in [1.29, 1.82) is 0 Å². The first-order valence-electron chi connectivity index (χ1n) is 12.7. The molecule has 6 N–H and O–H groups in total. The van der Waals surface area contributed by atoms with Crippen molar-refractivity contribution in [3.8, 4) is 0 Å². The zero-order valence-corrected chi connectivity index (χ0v) is 21.2. The molecule has 1 aliphatic heterocycles. The van der Waals surface area contributed by atoms with E-state index in [0.29, 0.717) is 25.2 Å². The molecule has 8 heteroatoms. The summed E-state index contributed by atoms with van der Waals surface area (Å²) in [4.78, 5) is 0. The maximum Gasteiger partial charge on any atom is 0.187 e. The highest BCUT2D eigenvalue weighted by molar-refractivity contribution is 5.09. The zero-order chi connectivity index (χ0) is 25.5. The molecular weight excluding hydrogens is 440 g/mol. The molecule has 1 saturated heterocycles. The van der Waals surface area contributed by atoms with Crippen molar-refractivity contribution in [2.24, 2.45) is 22.7 Å². The molecule has 0 aromatic carbocycles. The van der Waals surface area contributed by atoms with E-state index in [4.69, 9.17) is 9.47 Å². The number of hydrogen-bond donors (Lipinski definition) is 6. The first-order valence-corrected chi connectivity index (χ1v) is 12.7. The Morgan fingerprint density at radius 3 is 2.32 bits per heavy atom. The zero-order valence-electron chi connectivity index (χ0n) is 21.2. The number of aliphatic hydroxyl groups excluding tert-OH is 5. The van der Waals surface area contributed by atoms with Crippen molar-refractivity contribution < 1.29 is 40.1 Å². The standard InChI is InChI=1S/C26H46O8/c1-6-24(3,34-22-21(31)20(30)19(29)16(14-27)33-22)12-8-18-25(4)11-7-10-23(2,15-28)17(25)9-13-26(18,5)32/h6,16-22,27-32H,1,7-15H2,2-5H3. The third-order valence-corrected chi connectivity index (χ3v) is 9.54. The second kappa shape index (κ2) is 10.1. The predicted molar refractivity (Wildman–Crippen MR) is 127 cm³/mol. The Balaban J connectivity index is 1.78. The van der Waals surface area contributed by atoms with Gasteiger partial charge in [0.05, 0.1) is 17.8 Å². The van der Waals surface area contributed by atoms with E-state index < -0.39 is 48.5 Å². The van der Waals surface area contributed by atoms with Crippen LogP contribution in [0.25, 0.3) is 0 Å². The fourth-order valence-corrected chi connectivity index (χ4v) is 7.33. The minimum atomic E-state index is -1.51. The van der Waals surface area contributed by atoms with Crippen molar-refractivity contribution >= 4 is 0 Å². The molecule has 34 heavy (non-hydrogen) atoms. The summed E-state index contributed by atoms with van der Waals surface area (Å²) in [6.45, 7) is 11.7. The molecule has 0 spiro atoms. The third kappa shape index (κ3) is 4.98. The summed E-state index contributed by atoms with van der Waals surface area (Å²) in [5.41, 5.74) is -2.09. The summed E-state index contributed by atoms with van der Waals surface area (Å²) >= 11 is 0. The summed E-state index contributed by atoms with van der Waals surface area (Å²) in [6, 6.07) is 0. The van der Waals surface area contributed by atoms with Gasteiger partial charge >= 0.3 is 0 Å². The van der Waals surface area contributed by atoms with Crippen LogP contribution in [0.4, 0.5) is 0 Å². The Kier molecular flexibility index (Phi) is 8.28. The molecule has 0 aromatic heterocycles. The third-order valence-electron chi connectivity index (χ3n) is 9.54. The molecule has 3 aliphatic rings. The quantitative estimate of drug-likeness (QED) is 0.284. The average molecular weight is 487 g/mol. The summed E-state index contributed by atoms with van der Waals surface area (Å²) in [7, 11) is 0. The van der Waals surface area contributed by atoms with Gasteiger partial charge in [-0.3, -0.25) is 0 Å². The van der Waals surface area contributed by atoms with Gasteiger partial charge in [-0.05, 0) is 75.0 Å². The molecule has 0 amide bonds. The van der Waals surface area contributed by atoms with Crippen LogP contribution in [-0.2, 0) is 9.47 Å². The van der Waals surface area contributed by atoms with Gasteiger partial charge in [0.2, 0.25) is 0 Å². The molecule has 11 atom stereocenters. The molecule has 8 nitrogen and oxygen atoms in total. The number of fused-ring (bicyclic) bond motifs is 1. The lowest BCUT2D eigenvalue weighted by molar-refractivity contribution is -0.320. The lowest BCUT2D eigenvalue weighted by Gasteiger charge is -2.62. The summed E-state index contributed by atoms with van der Waals surface area (Å²) in [5, 5.41) is 61.7. The van der Waals surface area contributed by atoms with Crippen LogP contribution >= 0.6 is 0 Å². The highest BCUT2D eigenvalue weighted by Gasteiger charge is 2.59. The van der Waals surface area contributed by atoms with E-state index in [1.54, 1.807) is 6.08 Å². The van der Waals surface area contributed by atoms with E-state index in [1.807, 2.05) is 13.8 Å². The van der Waals surface area contributed by atoms with Gasteiger partial charge in [-0.1, -0.05) is 26.3 Å². The van der Waals surface area contributed by atoms with Crippen LogP contribution in [0.2, 0.25) is 0 Å². The normalized spacial score (nSPS) is 49.2. The van der Waals surface area contributed by atoms with E-state index >= 15 is 0 Å². The van der Waals surface area contributed by atoms with E-state index in [1.165, 1.54) is 0 Å². The van der Waals surface area contributed by atoms with Crippen molar-refractivity contribution in [2.75, 3.05) is 13.2 Å². The van der Waals surface area contributed by atoms with Crippen molar-refractivity contribution in [3.05, 3.63) is 12.7 Å². The SMILES string of the molecule is C=CC(C)(CCC1C(C)(O)CCC2C(C)(CO)CCCC12C)OC1OC(CO)C(O)C(O)C1O. The van der Waals surface area contributed by atoms with Gasteiger partial charge in [-0.15, -0.1) is 6.58 Å². The van der Waals surface area contributed by atoms with Crippen LogP contribution in [0.1, 0.15) is 72.6 Å². The fraction of sp³-hybridized carbons (Fsp3) is 0.923. The Labute approximate surface area is 203 Å². The van der Waals surface area contributed by atoms with Gasteiger partial charge in [0.25, 0.3) is 0 Å². The molecule has 2 aliphatic carbocycles. The largest absolute Gasteiger partial charge is 0.396 e. The maximum absolute atomic E-state index is 11.5. The molecule has 0 bridgehead atoms. The van der Waals surface area contributed by atoms with Gasteiger partial charge in [-0.2, -0.15) is 0 Å². The van der Waals surface area contributed by atoms with Gasteiger partial charge in [-0.25, -0.2) is 0 Å². The number of aliphatic hydroxyl groups is 6. The number of ether oxygens (including phenoxy) is 2. The molecule has 198 valence electrons. The summed E-state index contributed by atoms with van der Waals surface area (Å²) in [5.74, 6) is 0.285. The van der Waals surface area contributed by atoms with Gasteiger partial charge < -0.3 is 40.1 Å². The Hall–Kier alpha value is -0.580. The lowest BCUT2D eigenvalue weighted by atomic mass is 9.44. The van der Waals surface area contributed by atoms with Crippen LogP contribution in [0.15, 0.2) is 12.7 Å². The smallest absolute Gasteiger partial charge is 0.187 e. The molecule has 0 radical (unpaired) electrons. The van der Waals surface area contributed by atoms with Crippen LogP contribution in [0.5, 0.6) is 0 Å². The summed E-state index contributed by atoms with van der Waals surface area (Å²) < 4.78 is 11.6. The average Bonchev–Trinajstić information content (AvgIpc) is 2.78. The summed E-state index contributed by atoms with van der Waals surface area (Å²) in [6.07, 6.45) is 0.570. The number of rotatable bonds is 8. The van der Waals surface area contributed by atoms with E-state index in [9.17, 15) is 30.6 Å². The van der Waals surface area contributed by atoms with E-state index in [0.717, 1.165) is 25.7 Å². The molecule has 2 saturated carbocycles. The second-order valence-corrected chi connectivity index (χ2v) is 12.0. The maximum atomic E-state index is 11.5. The monoisotopic (exact) mass is 486 g/mol. The molecule has 3 rings (SSSR count). The minimum Gasteiger partial charge on any atom is -0.396 e. The molecule has 0 aromatic rings. The molecule has 3 fully saturated rings. The van der Waals surface area contributed by atoms with Gasteiger partial charge in [0, 0.05) is 6.61 Å². The second-order valence-electron chi connectivity index (χ2n) is 12.0. The lowest BCUT2D eigenvalue weighted by Crippen LogP contribution is -2.60. The minimum absolute atomic E-state index is 0.0254. The first-order chi connectivity index (χ1) is 15.8. The van der Waals surface area contributed by atoms with Crippen molar-refractivity contribution in [2.45, 2.75) is 115 Å². The Morgan fingerprint density at radius 1 is 1.06 bits per heavy atom. The van der Waals surface area contributed by atoms with E-state index in [2.05, 4.69) is 20.4 Å². The van der Waals surface area contributed by atoms with Crippen LogP contribution in [-0.4, -0.2) is 85.8 Å². The molecule has 11 unspecified atom stereocenters.